The smallest absolute Gasteiger partial charge is 0.416 e. The fraction of sp³-hybridized carbons (Fsp3) is 0.188. The largest absolute Gasteiger partial charge is 0.479 e. The molecule has 2 aromatic rings. The van der Waals surface area contributed by atoms with Crippen LogP contribution in [0.5, 0.6) is 5.75 Å². The first-order valence-electron chi connectivity index (χ1n) is 6.76. The van der Waals surface area contributed by atoms with Gasteiger partial charge < -0.3 is 10.1 Å². The van der Waals surface area contributed by atoms with Crippen LogP contribution in [0.4, 0.5) is 18.9 Å². The SMILES string of the molecule is C[C@@H](Oc1cc(Cl)ccc1Cl)C(=O)Nc1ccc(C(F)(F)F)cc1. The fourth-order valence-electron chi connectivity index (χ4n) is 1.80. The Balaban J connectivity index is 2.02. The Morgan fingerprint density at radius 1 is 1.12 bits per heavy atom. The topological polar surface area (TPSA) is 38.3 Å². The first-order valence-corrected chi connectivity index (χ1v) is 7.52. The molecular weight excluding hydrogens is 366 g/mol. The highest BCUT2D eigenvalue weighted by Gasteiger charge is 2.30. The van der Waals surface area contributed by atoms with Crippen molar-refractivity contribution in [1.29, 1.82) is 0 Å². The zero-order chi connectivity index (χ0) is 17.9. The molecule has 24 heavy (non-hydrogen) atoms. The Labute approximate surface area is 146 Å². The molecule has 0 fully saturated rings. The second-order valence-electron chi connectivity index (χ2n) is 4.90. The summed E-state index contributed by atoms with van der Waals surface area (Å²) in [7, 11) is 0. The molecule has 0 saturated heterocycles. The molecule has 2 rings (SSSR count). The summed E-state index contributed by atoms with van der Waals surface area (Å²) >= 11 is 11.8. The zero-order valence-electron chi connectivity index (χ0n) is 12.3. The molecule has 0 aliphatic carbocycles. The van der Waals surface area contributed by atoms with E-state index in [4.69, 9.17) is 27.9 Å². The molecule has 128 valence electrons. The van der Waals surface area contributed by atoms with Gasteiger partial charge in [0.1, 0.15) is 5.75 Å². The highest BCUT2D eigenvalue weighted by Crippen LogP contribution is 2.30. The third kappa shape index (κ3) is 4.79. The second-order valence-corrected chi connectivity index (χ2v) is 5.74. The van der Waals surface area contributed by atoms with Crippen molar-refractivity contribution in [3.63, 3.8) is 0 Å². The maximum Gasteiger partial charge on any atom is 0.416 e. The minimum atomic E-state index is -4.43. The lowest BCUT2D eigenvalue weighted by atomic mass is 10.2. The van der Waals surface area contributed by atoms with Gasteiger partial charge in [0.25, 0.3) is 5.91 Å². The van der Waals surface area contributed by atoms with E-state index in [0.717, 1.165) is 12.1 Å². The predicted molar refractivity (Wildman–Crippen MR) is 86.6 cm³/mol. The summed E-state index contributed by atoms with van der Waals surface area (Å²) in [5.41, 5.74) is -0.573. The van der Waals surface area contributed by atoms with Crippen LogP contribution in [0.3, 0.4) is 0 Å². The van der Waals surface area contributed by atoms with Crippen LogP contribution in [0.1, 0.15) is 12.5 Å². The molecule has 1 amide bonds. The third-order valence-electron chi connectivity index (χ3n) is 3.05. The van der Waals surface area contributed by atoms with Gasteiger partial charge in [-0.3, -0.25) is 4.79 Å². The number of hydrogen-bond acceptors (Lipinski definition) is 2. The maximum atomic E-state index is 12.5. The number of rotatable bonds is 4. The van der Waals surface area contributed by atoms with Crippen LogP contribution in [0, 0.1) is 0 Å². The number of anilines is 1. The van der Waals surface area contributed by atoms with E-state index in [2.05, 4.69) is 5.32 Å². The second kappa shape index (κ2) is 7.32. The van der Waals surface area contributed by atoms with E-state index in [-0.39, 0.29) is 16.5 Å². The maximum absolute atomic E-state index is 12.5. The highest BCUT2D eigenvalue weighted by molar-refractivity contribution is 6.34. The van der Waals surface area contributed by atoms with E-state index in [0.29, 0.717) is 5.02 Å². The summed E-state index contributed by atoms with van der Waals surface area (Å²) in [4.78, 5) is 12.1. The molecule has 0 heterocycles. The Morgan fingerprint density at radius 3 is 2.33 bits per heavy atom. The normalized spacial score (nSPS) is 12.6. The molecule has 0 unspecified atom stereocenters. The van der Waals surface area contributed by atoms with Gasteiger partial charge in [0.2, 0.25) is 0 Å². The zero-order valence-corrected chi connectivity index (χ0v) is 13.8. The van der Waals surface area contributed by atoms with Crippen LogP contribution in [0.15, 0.2) is 42.5 Å². The lowest BCUT2D eigenvalue weighted by Crippen LogP contribution is -2.30. The van der Waals surface area contributed by atoms with E-state index < -0.39 is 23.8 Å². The predicted octanol–water partition coefficient (Wildman–Crippen LogP) is 5.42. The lowest BCUT2D eigenvalue weighted by molar-refractivity contribution is -0.137. The average Bonchev–Trinajstić information content (AvgIpc) is 2.50. The van der Waals surface area contributed by atoms with Crippen molar-refractivity contribution in [2.24, 2.45) is 0 Å². The average molecular weight is 378 g/mol. The number of benzene rings is 2. The summed E-state index contributed by atoms with van der Waals surface area (Å²) in [6, 6.07) is 8.67. The molecule has 3 nitrogen and oxygen atoms in total. The van der Waals surface area contributed by atoms with Crippen LogP contribution in [-0.2, 0) is 11.0 Å². The summed E-state index contributed by atoms with van der Waals surface area (Å²) in [5.74, 6) is -0.301. The quantitative estimate of drug-likeness (QED) is 0.772. The van der Waals surface area contributed by atoms with Gasteiger partial charge in [-0.05, 0) is 43.3 Å². The van der Waals surface area contributed by atoms with Gasteiger partial charge >= 0.3 is 6.18 Å². The van der Waals surface area contributed by atoms with Gasteiger partial charge in [-0.15, -0.1) is 0 Å². The fourth-order valence-corrected chi connectivity index (χ4v) is 2.12. The number of halogens is 5. The number of alkyl halides is 3. The van der Waals surface area contributed by atoms with Crippen molar-refractivity contribution in [1.82, 2.24) is 0 Å². The molecule has 0 aromatic heterocycles. The molecule has 8 heteroatoms. The summed E-state index contributed by atoms with van der Waals surface area (Å²) < 4.78 is 42.9. The van der Waals surface area contributed by atoms with E-state index >= 15 is 0 Å². The monoisotopic (exact) mass is 377 g/mol. The minimum Gasteiger partial charge on any atom is -0.479 e. The van der Waals surface area contributed by atoms with Gasteiger partial charge in [-0.1, -0.05) is 23.2 Å². The van der Waals surface area contributed by atoms with Crippen LogP contribution >= 0.6 is 23.2 Å². The molecular formula is C16H12Cl2F3NO2. The Kier molecular flexibility index (Phi) is 5.62. The van der Waals surface area contributed by atoms with E-state index in [1.165, 1.54) is 31.2 Å². The third-order valence-corrected chi connectivity index (χ3v) is 3.59. The number of carbonyl (C=O) groups is 1. The highest BCUT2D eigenvalue weighted by atomic mass is 35.5. The van der Waals surface area contributed by atoms with Crippen molar-refractivity contribution in [2.75, 3.05) is 5.32 Å². The number of hydrogen-bond donors (Lipinski definition) is 1. The van der Waals surface area contributed by atoms with Gasteiger partial charge in [0, 0.05) is 16.8 Å². The molecule has 0 radical (unpaired) electrons. The van der Waals surface area contributed by atoms with Crippen molar-refractivity contribution >= 4 is 34.8 Å². The van der Waals surface area contributed by atoms with Gasteiger partial charge in [-0.2, -0.15) is 13.2 Å². The molecule has 0 aliphatic rings. The van der Waals surface area contributed by atoms with Gasteiger partial charge in [-0.25, -0.2) is 0 Å². The Bertz CT molecular complexity index is 733. The molecule has 0 aliphatic heterocycles. The van der Waals surface area contributed by atoms with Crippen LogP contribution in [0.2, 0.25) is 10.0 Å². The molecule has 0 bridgehead atoms. The van der Waals surface area contributed by atoms with Crippen LogP contribution in [-0.4, -0.2) is 12.0 Å². The van der Waals surface area contributed by atoms with Crippen LogP contribution in [0.25, 0.3) is 0 Å². The van der Waals surface area contributed by atoms with E-state index in [9.17, 15) is 18.0 Å². The van der Waals surface area contributed by atoms with Gasteiger partial charge in [0.15, 0.2) is 6.10 Å². The standard InChI is InChI=1S/C16H12Cl2F3NO2/c1-9(24-14-8-11(17)4-7-13(14)18)15(23)22-12-5-2-10(3-6-12)16(19,20)21/h2-9H,1H3,(H,22,23)/t9-/m1/s1. The Morgan fingerprint density at radius 2 is 1.75 bits per heavy atom. The van der Waals surface area contributed by atoms with Crippen molar-refractivity contribution < 1.29 is 22.7 Å². The number of carbonyl (C=O) groups excluding carboxylic acids is 1. The summed E-state index contributed by atoms with van der Waals surface area (Å²) in [6.45, 7) is 1.48. The van der Waals surface area contributed by atoms with Crippen molar-refractivity contribution in [3.8, 4) is 5.75 Å². The molecule has 0 saturated carbocycles. The number of nitrogens with one attached hydrogen (secondary N) is 1. The Hall–Kier alpha value is -1.92. The van der Waals surface area contributed by atoms with Crippen molar-refractivity contribution in [2.45, 2.75) is 19.2 Å². The summed E-state index contributed by atoms with van der Waals surface area (Å²) in [5, 5.41) is 3.15. The molecule has 0 spiro atoms. The van der Waals surface area contributed by atoms with E-state index in [1.807, 2.05) is 0 Å². The molecule has 1 atom stereocenters. The lowest BCUT2D eigenvalue weighted by Gasteiger charge is -2.16. The minimum absolute atomic E-state index is 0.223. The van der Waals surface area contributed by atoms with Crippen LogP contribution < -0.4 is 10.1 Å². The number of amides is 1. The van der Waals surface area contributed by atoms with E-state index in [1.54, 1.807) is 6.07 Å². The summed E-state index contributed by atoms with van der Waals surface area (Å²) in [6.07, 6.45) is -5.36. The van der Waals surface area contributed by atoms with Crippen molar-refractivity contribution in [3.05, 3.63) is 58.1 Å². The van der Waals surface area contributed by atoms with Gasteiger partial charge in [0.05, 0.1) is 10.6 Å². The number of ether oxygens (including phenoxy) is 1. The first kappa shape index (κ1) is 18.4. The molecule has 2 aromatic carbocycles. The first-order chi connectivity index (χ1) is 11.2. The molecule has 1 N–H and O–H groups in total.